The van der Waals surface area contributed by atoms with Gasteiger partial charge in [-0.05, 0) is 36.7 Å². The number of piperazine rings is 1. The van der Waals surface area contributed by atoms with E-state index >= 15 is 4.39 Å². The Morgan fingerprint density at radius 2 is 2.02 bits per heavy atom. The fourth-order valence-corrected chi connectivity index (χ4v) is 5.90. The smallest absolute Gasteiger partial charge is 0.236 e. The van der Waals surface area contributed by atoms with Crippen molar-refractivity contribution in [1.29, 1.82) is 5.26 Å². The van der Waals surface area contributed by atoms with Crippen LogP contribution in [0.3, 0.4) is 0 Å². The second-order valence-corrected chi connectivity index (χ2v) is 11.0. The van der Waals surface area contributed by atoms with Gasteiger partial charge in [-0.15, -0.1) is 0 Å². The number of aliphatic hydroxyl groups excluding tert-OH is 1. The summed E-state index contributed by atoms with van der Waals surface area (Å²) in [6, 6.07) is 6.80. The Balaban J connectivity index is 1.43. The molecule has 2 aliphatic heterocycles. The fraction of sp³-hybridized carbons (Fsp3) is 0.379. The highest BCUT2D eigenvalue weighted by Crippen LogP contribution is 2.39. The average molecular weight is 600 g/mol. The number of halogens is 2. The first kappa shape index (κ1) is 20.7. The molecule has 0 aliphatic carbocycles. The first-order valence-corrected chi connectivity index (χ1v) is 13.9. The number of β-amino-alcohol motifs (C(OH)–C–C–N with tert-alkyl or cyclic N) is 1. The molecule has 0 bridgehead atoms. The molecule has 2 fully saturated rings. The summed E-state index contributed by atoms with van der Waals surface area (Å²) < 4.78 is 89.1. The number of pyridine rings is 1. The maximum Gasteiger partial charge on any atom is 0.236 e. The number of carbonyl (C=O) groups is 1. The molecule has 4 aromatic rings. The topological polar surface area (TPSA) is 104 Å². The van der Waals surface area contributed by atoms with E-state index in [-0.39, 0.29) is 71.2 Å². The number of aryl methyl sites for hydroxylation is 1. The zero-order chi connectivity index (χ0) is 35.6. The first-order chi connectivity index (χ1) is 23.0. The van der Waals surface area contributed by atoms with Gasteiger partial charge in [0.2, 0.25) is 5.91 Å². The lowest BCUT2D eigenvalue weighted by Gasteiger charge is -2.39. The van der Waals surface area contributed by atoms with E-state index in [0.717, 1.165) is 11.3 Å². The number of carbonyl (C=O) groups excluding carboxylic acids is 1. The van der Waals surface area contributed by atoms with E-state index < -0.39 is 48.9 Å². The minimum atomic E-state index is -3.27. The van der Waals surface area contributed by atoms with E-state index in [1.54, 1.807) is 4.90 Å². The molecule has 1 N–H and O–H groups in total. The summed E-state index contributed by atoms with van der Waals surface area (Å²) in [5, 5.41) is 23.5. The number of thiazole rings is 1. The molecule has 218 valence electrons. The Morgan fingerprint density at radius 1 is 1.29 bits per heavy atom. The number of nitriles is 1. The maximum absolute atomic E-state index is 16.0. The van der Waals surface area contributed by atoms with Gasteiger partial charge < -0.3 is 19.8 Å². The highest BCUT2D eigenvalue weighted by molar-refractivity contribution is 7.16. The van der Waals surface area contributed by atoms with Crippen molar-refractivity contribution < 1.29 is 28.3 Å². The second kappa shape index (κ2) is 11.3. The molecule has 13 heteroatoms. The molecule has 2 saturated heterocycles. The lowest BCUT2D eigenvalue weighted by molar-refractivity contribution is -0.142. The summed E-state index contributed by atoms with van der Waals surface area (Å²) >= 11 is 0.875. The van der Waals surface area contributed by atoms with Gasteiger partial charge in [0.15, 0.2) is 10.9 Å². The Labute approximate surface area is 255 Å². The van der Waals surface area contributed by atoms with Crippen LogP contribution in [-0.4, -0.2) is 94.4 Å². The number of aliphatic hydroxyl groups is 1. The molecule has 10 nitrogen and oxygen atoms in total. The third-order valence-electron chi connectivity index (χ3n) is 7.35. The van der Waals surface area contributed by atoms with Crippen LogP contribution < -0.4 is 9.80 Å². The molecule has 3 aromatic heterocycles. The van der Waals surface area contributed by atoms with Gasteiger partial charge in [0.25, 0.3) is 0 Å². The summed E-state index contributed by atoms with van der Waals surface area (Å²) in [5.41, 5.74) is -0.872. The van der Waals surface area contributed by atoms with Crippen LogP contribution in [0.5, 0.6) is 0 Å². The molecule has 0 atom stereocenters. The van der Waals surface area contributed by atoms with Crippen LogP contribution in [0.25, 0.3) is 16.8 Å². The number of anilines is 3. The predicted octanol–water partition coefficient (Wildman–Crippen LogP) is 3.26. The molecule has 1 aromatic carbocycles. The van der Waals surface area contributed by atoms with Crippen LogP contribution in [0.15, 0.2) is 36.5 Å². The number of rotatable bonds is 7. The van der Waals surface area contributed by atoms with Crippen molar-refractivity contribution in [2.75, 3.05) is 62.7 Å². The second-order valence-electron chi connectivity index (χ2n) is 10.0. The number of benzene rings is 1. The van der Waals surface area contributed by atoms with Gasteiger partial charge in [0, 0.05) is 58.7 Å². The minimum absolute atomic E-state index is 0.0678. The molecule has 0 unspecified atom stereocenters. The number of aromatic nitrogens is 3. The van der Waals surface area contributed by atoms with Crippen molar-refractivity contribution in [2.24, 2.45) is 0 Å². The first-order valence-electron chi connectivity index (χ1n) is 16.6. The molecule has 0 saturated carbocycles. The van der Waals surface area contributed by atoms with Gasteiger partial charge in [-0.25, -0.2) is 18.3 Å². The average Bonchev–Trinajstić information content (AvgIpc) is 3.66. The van der Waals surface area contributed by atoms with Crippen molar-refractivity contribution in [3.63, 3.8) is 0 Å². The lowest BCUT2D eigenvalue weighted by Crippen LogP contribution is -2.57. The highest BCUT2D eigenvalue weighted by Gasteiger charge is 2.31. The minimum Gasteiger partial charge on any atom is -0.389 e. The van der Waals surface area contributed by atoms with Gasteiger partial charge in [-0.1, -0.05) is 18.2 Å². The van der Waals surface area contributed by atoms with Crippen molar-refractivity contribution >= 4 is 39.3 Å². The molecule has 6 rings (SSSR count). The standard InChI is InChI=1S/C29H30F2N8O2S/c1-3-22-28(35(2)29-33-27(25(13-32)42-29)18-4-6-19(30)7-5-18)24-12-23(21(31)16-39(24)34-22)37-10-8-36(9-11-37)17-26(41)38-14-20(40)15-38/h4-7,12,16,20,40H,3,8-11,14-15,17H2,1-2H3/i1D3,3D2,12D,16D. The molecule has 0 radical (unpaired) electrons. The summed E-state index contributed by atoms with van der Waals surface area (Å²) in [5.74, 6) is -1.76. The van der Waals surface area contributed by atoms with E-state index in [4.69, 9.17) is 8.22 Å². The molecule has 0 spiro atoms. The number of likely N-dealkylation sites (tertiary alicyclic amines) is 1. The van der Waals surface area contributed by atoms with Crippen LogP contribution in [0.2, 0.25) is 0 Å². The van der Waals surface area contributed by atoms with Gasteiger partial charge in [0.1, 0.15) is 22.5 Å². The van der Waals surface area contributed by atoms with E-state index in [0.29, 0.717) is 23.2 Å². The van der Waals surface area contributed by atoms with E-state index in [2.05, 4.69) is 10.1 Å². The van der Waals surface area contributed by atoms with E-state index in [1.165, 1.54) is 41.1 Å². The Kier molecular flexibility index (Phi) is 5.56. The molecule has 2 aliphatic rings. The zero-order valence-electron chi connectivity index (χ0n) is 29.4. The van der Waals surface area contributed by atoms with Gasteiger partial charge in [-0.3, -0.25) is 9.69 Å². The Bertz CT molecular complexity index is 1970. The van der Waals surface area contributed by atoms with Crippen molar-refractivity contribution in [1.82, 2.24) is 24.4 Å². The van der Waals surface area contributed by atoms with E-state index in [1.807, 2.05) is 11.0 Å². The van der Waals surface area contributed by atoms with Crippen molar-refractivity contribution in [3.8, 4) is 17.3 Å². The largest absolute Gasteiger partial charge is 0.389 e. The van der Waals surface area contributed by atoms with E-state index in [9.17, 15) is 20.9 Å². The van der Waals surface area contributed by atoms with Crippen LogP contribution >= 0.6 is 11.3 Å². The Hall–Kier alpha value is -4.12. The highest BCUT2D eigenvalue weighted by atomic mass is 32.1. The third-order valence-corrected chi connectivity index (χ3v) is 8.38. The summed E-state index contributed by atoms with van der Waals surface area (Å²) in [4.78, 5) is 23.4. The summed E-state index contributed by atoms with van der Waals surface area (Å²) in [6.45, 7) is -1.63. The third kappa shape index (κ3) is 5.17. The quantitative estimate of drug-likeness (QED) is 0.345. The lowest BCUT2D eigenvalue weighted by atomic mass is 10.1. The Morgan fingerprint density at radius 3 is 2.69 bits per heavy atom. The monoisotopic (exact) mass is 599 g/mol. The number of fused-ring (bicyclic) bond motifs is 1. The van der Waals surface area contributed by atoms with Crippen molar-refractivity contribution in [3.05, 3.63) is 58.7 Å². The molecular formula is C29H30F2N8O2S. The van der Waals surface area contributed by atoms with Gasteiger partial charge in [-0.2, -0.15) is 10.4 Å². The number of hydrogen-bond donors (Lipinski definition) is 1. The normalized spacial score (nSPS) is 19.2. The predicted molar refractivity (Wildman–Crippen MR) is 156 cm³/mol. The van der Waals surface area contributed by atoms with Gasteiger partial charge >= 0.3 is 0 Å². The van der Waals surface area contributed by atoms with Crippen molar-refractivity contribution in [2.45, 2.75) is 19.3 Å². The van der Waals surface area contributed by atoms with Gasteiger partial charge in [0.05, 0.1) is 44.1 Å². The number of hydrogen-bond acceptors (Lipinski definition) is 9. The number of nitrogens with zero attached hydrogens (tertiary/aromatic N) is 8. The summed E-state index contributed by atoms with van der Waals surface area (Å²) in [7, 11) is 1.41. The van der Waals surface area contributed by atoms with Crippen LogP contribution in [-0.2, 0) is 11.2 Å². The summed E-state index contributed by atoms with van der Waals surface area (Å²) in [6.07, 6.45) is -4.50. The SMILES string of the molecule is [2H]c1c(N2CCN(CC(=O)N3CC(O)C3)CC2)c(F)c([2H])n2nc(C([2H])([2H])C([2H])([2H])[2H])c(N(C)c3nc(-c4ccc(F)cc4)c(C#N)s3)c12. The fourth-order valence-electron chi connectivity index (χ4n) is 5.04. The van der Waals surface area contributed by atoms with Crippen LogP contribution in [0.1, 0.15) is 27.0 Å². The zero-order valence-corrected chi connectivity index (χ0v) is 23.3. The molecule has 5 heterocycles. The van der Waals surface area contributed by atoms with Crippen LogP contribution in [0, 0.1) is 23.0 Å². The molecular weight excluding hydrogens is 562 g/mol. The molecule has 1 amide bonds. The number of amides is 1. The maximum atomic E-state index is 16.0. The molecule has 42 heavy (non-hydrogen) atoms. The van der Waals surface area contributed by atoms with Crippen LogP contribution in [0.4, 0.5) is 25.3 Å².